The molecule has 35 heavy (non-hydrogen) atoms. The topological polar surface area (TPSA) is 70.4 Å². The van der Waals surface area contributed by atoms with E-state index >= 15 is 0 Å². The van der Waals surface area contributed by atoms with E-state index in [9.17, 15) is 23.1 Å². The largest absolute Gasteiger partial charge is 0.530 e. The molecule has 1 saturated heterocycles. The van der Waals surface area contributed by atoms with E-state index in [-0.39, 0.29) is 12.0 Å². The van der Waals surface area contributed by atoms with Gasteiger partial charge >= 0.3 is 6.18 Å². The molecule has 1 aliphatic heterocycles. The molecule has 1 aliphatic carbocycles. The zero-order valence-corrected chi connectivity index (χ0v) is 19.3. The van der Waals surface area contributed by atoms with Crippen LogP contribution < -0.4 is 5.11 Å². The van der Waals surface area contributed by atoms with E-state index in [1.54, 1.807) is 0 Å². The molecule has 5 rings (SSSR count). The molecule has 1 amide bonds. The number of ether oxygens (including phenoxy) is 1. The third kappa shape index (κ3) is 5.00. The molecule has 2 fully saturated rings. The summed E-state index contributed by atoms with van der Waals surface area (Å²) < 4.78 is 48.0. The average Bonchev–Trinajstić information content (AvgIpc) is 3.60. The lowest BCUT2D eigenvalue weighted by atomic mass is 9.73. The van der Waals surface area contributed by atoms with Crippen molar-refractivity contribution in [2.75, 3.05) is 19.7 Å². The third-order valence-corrected chi connectivity index (χ3v) is 7.27. The molecule has 3 aromatic rings. The van der Waals surface area contributed by atoms with Crippen LogP contribution in [-0.2, 0) is 29.5 Å². The monoisotopic (exact) mass is 486 g/mol. The second-order valence-electron chi connectivity index (χ2n) is 9.68. The molecular weight excluding hydrogens is 459 g/mol. The smallest absolute Gasteiger partial charge is 0.416 e. The van der Waals surface area contributed by atoms with Crippen LogP contribution in [0.1, 0.15) is 42.6 Å². The lowest BCUT2D eigenvalue weighted by Crippen LogP contribution is -2.51. The summed E-state index contributed by atoms with van der Waals surface area (Å²) in [6.07, 6.45) is -2.27. The number of benzene rings is 2. The highest BCUT2D eigenvalue weighted by Crippen LogP contribution is 2.37. The first-order valence-corrected chi connectivity index (χ1v) is 11.9. The SMILES string of the molecule is O=C([O-])N1CCC(COCc2nc3ccc(C(F)(F)F)cc3n2CC2CC2)(c2ccccc2)CC1. The van der Waals surface area contributed by atoms with Crippen LogP contribution in [0.5, 0.6) is 0 Å². The van der Waals surface area contributed by atoms with Crippen LogP contribution in [0.2, 0.25) is 0 Å². The predicted octanol–water partition coefficient (Wildman–Crippen LogP) is 4.36. The lowest BCUT2D eigenvalue weighted by molar-refractivity contribution is -0.267. The predicted molar refractivity (Wildman–Crippen MR) is 121 cm³/mol. The molecule has 2 aromatic carbocycles. The zero-order valence-electron chi connectivity index (χ0n) is 19.3. The summed E-state index contributed by atoms with van der Waals surface area (Å²) in [5, 5.41) is 11.3. The van der Waals surface area contributed by atoms with Crippen LogP contribution >= 0.6 is 0 Å². The van der Waals surface area contributed by atoms with Crippen LogP contribution in [0, 0.1) is 5.92 Å². The van der Waals surface area contributed by atoms with Gasteiger partial charge in [-0.1, -0.05) is 30.3 Å². The van der Waals surface area contributed by atoms with Crippen LogP contribution in [0.4, 0.5) is 18.0 Å². The van der Waals surface area contributed by atoms with E-state index in [0.29, 0.717) is 61.9 Å². The fourth-order valence-corrected chi connectivity index (χ4v) is 4.98. The molecule has 0 N–H and O–H groups in total. The lowest BCUT2D eigenvalue weighted by Gasteiger charge is -2.43. The number of alkyl halides is 3. The summed E-state index contributed by atoms with van der Waals surface area (Å²) >= 11 is 0. The third-order valence-electron chi connectivity index (χ3n) is 7.27. The summed E-state index contributed by atoms with van der Waals surface area (Å²) in [7, 11) is 0. The molecule has 1 saturated carbocycles. The Kier molecular flexibility index (Phi) is 6.21. The second kappa shape index (κ2) is 9.18. The van der Waals surface area contributed by atoms with E-state index < -0.39 is 17.8 Å². The quantitative estimate of drug-likeness (QED) is 0.498. The Morgan fingerprint density at radius 2 is 1.83 bits per heavy atom. The molecule has 0 atom stereocenters. The Hall–Kier alpha value is -3.07. The van der Waals surface area contributed by atoms with Gasteiger partial charge in [0.05, 0.1) is 23.2 Å². The van der Waals surface area contributed by atoms with Gasteiger partial charge < -0.3 is 24.1 Å². The number of hydrogen-bond donors (Lipinski definition) is 0. The van der Waals surface area contributed by atoms with Gasteiger partial charge in [0, 0.05) is 25.0 Å². The number of carboxylic acid groups (broad SMARTS) is 1. The number of rotatable bonds is 7. The minimum Gasteiger partial charge on any atom is -0.530 e. The molecule has 186 valence electrons. The van der Waals surface area contributed by atoms with Crippen LogP contribution in [0.25, 0.3) is 11.0 Å². The summed E-state index contributed by atoms with van der Waals surface area (Å²) in [5.74, 6) is 1.06. The second-order valence-corrected chi connectivity index (χ2v) is 9.68. The van der Waals surface area contributed by atoms with Gasteiger partial charge in [-0.3, -0.25) is 0 Å². The Labute approximate surface area is 201 Å². The van der Waals surface area contributed by atoms with Gasteiger partial charge in [-0.25, -0.2) is 4.98 Å². The van der Waals surface area contributed by atoms with Crippen molar-refractivity contribution in [3.8, 4) is 0 Å². The van der Waals surface area contributed by atoms with Crippen LogP contribution in [0.3, 0.4) is 0 Å². The number of carbonyl (C=O) groups excluding carboxylic acids is 1. The molecule has 0 radical (unpaired) electrons. The van der Waals surface area contributed by atoms with Gasteiger partial charge in [-0.05, 0) is 55.4 Å². The number of piperidine rings is 1. The number of nitrogens with zero attached hydrogens (tertiary/aromatic N) is 3. The number of amides is 1. The van der Waals surface area contributed by atoms with E-state index in [2.05, 4.69) is 4.98 Å². The molecule has 2 aliphatic rings. The molecule has 9 heteroatoms. The van der Waals surface area contributed by atoms with Crippen molar-refractivity contribution < 1.29 is 27.8 Å². The number of halogens is 3. The zero-order chi connectivity index (χ0) is 24.6. The first-order valence-electron chi connectivity index (χ1n) is 11.9. The molecule has 1 aromatic heterocycles. The number of aromatic nitrogens is 2. The number of hydrogen-bond acceptors (Lipinski definition) is 4. The maximum atomic E-state index is 13.3. The first kappa shape index (κ1) is 23.7. The maximum absolute atomic E-state index is 13.3. The Bertz CT molecular complexity index is 1200. The van der Waals surface area contributed by atoms with Crippen molar-refractivity contribution in [3.63, 3.8) is 0 Å². The summed E-state index contributed by atoms with van der Waals surface area (Å²) in [5.41, 5.74) is 1.04. The molecule has 6 nitrogen and oxygen atoms in total. The fourth-order valence-electron chi connectivity index (χ4n) is 4.98. The molecule has 2 heterocycles. The highest BCUT2D eigenvalue weighted by Gasteiger charge is 2.37. The summed E-state index contributed by atoms with van der Waals surface area (Å²) in [4.78, 5) is 17.2. The molecule has 0 bridgehead atoms. The Morgan fingerprint density at radius 1 is 1.11 bits per heavy atom. The minimum absolute atomic E-state index is 0.168. The number of likely N-dealkylation sites (tertiary alicyclic amines) is 1. The van der Waals surface area contributed by atoms with E-state index in [1.165, 1.54) is 17.0 Å². The van der Waals surface area contributed by atoms with Crippen molar-refractivity contribution in [2.24, 2.45) is 5.92 Å². The van der Waals surface area contributed by atoms with Crippen LogP contribution in [0.15, 0.2) is 48.5 Å². The van der Waals surface area contributed by atoms with Crippen molar-refractivity contribution >= 4 is 17.1 Å². The van der Waals surface area contributed by atoms with Crippen molar-refractivity contribution in [1.29, 1.82) is 0 Å². The highest BCUT2D eigenvalue weighted by atomic mass is 19.4. The van der Waals surface area contributed by atoms with Gasteiger partial charge in [0.15, 0.2) is 0 Å². The number of fused-ring (bicyclic) bond motifs is 1. The Morgan fingerprint density at radius 3 is 2.46 bits per heavy atom. The first-order chi connectivity index (χ1) is 16.7. The molecule has 0 spiro atoms. The highest BCUT2D eigenvalue weighted by molar-refractivity contribution is 5.77. The minimum atomic E-state index is -4.41. The van der Waals surface area contributed by atoms with E-state index in [1.807, 2.05) is 34.9 Å². The van der Waals surface area contributed by atoms with Crippen LogP contribution in [-0.4, -0.2) is 40.2 Å². The number of imidazole rings is 1. The van der Waals surface area contributed by atoms with Crippen molar-refractivity contribution in [1.82, 2.24) is 14.5 Å². The Balaban J connectivity index is 1.38. The van der Waals surface area contributed by atoms with Crippen molar-refractivity contribution in [3.05, 3.63) is 65.5 Å². The van der Waals surface area contributed by atoms with Gasteiger partial charge in [-0.2, -0.15) is 13.2 Å². The fraction of sp³-hybridized carbons (Fsp3) is 0.462. The number of carbonyl (C=O) groups is 1. The normalized spacial score (nSPS) is 18.2. The average molecular weight is 487 g/mol. The van der Waals surface area contributed by atoms with E-state index in [0.717, 1.165) is 24.5 Å². The van der Waals surface area contributed by atoms with Gasteiger partial charge in [0.2, 0.25) is 0 Å². The van der Waals surface area contributed by atoms with Gasteiger partial charge in [0.1, 0.15) is 18.5 Å². The molecule has 0 unspecified atom stereocenters. The van der Waals surface area contributed by atoms with Gasteiger partial charge in [-0.15, -0.1) is 0 Å². The maximum Gasteiger partial charge on any atom is 0.416 e. The van der Waals surface area contributed by atoms with Gasteiger partial charge in [0.25, 0.3) is 0 Å². The van der Waals surface area contributed by atoms with E-state index in [4.69, 9.17) is 4.74 Å². The summed E-state index contributed by atoms with van der Waals surface area (Å²) in [6, 6.07) is 13.6. The van der Waals surface area contributed by atoms with Crippen molar-refractivity contribution in [2.45, 2.75) is 50.4 Å². The summed E-state index contributed by atoms with van der Waals surface area (Å²) in [6.45, 7) is 1.88. The molecular formula is C26H27F3N3O3-. The standard InChI is InChI=1S/C26H28F3N3O3/c27-26(28,29)20-8-9-21-22(14-20)32(15-18-6-7-18)23(30-21)16-35-17-25(19-4-2-1-3-5-19)10-12-31(13-11-25)24(33)34/h1-5,8-9,14,18H,6-7,10-13,15-17H2,(H,33,34)/p-1.